The van der Waals surface area contributed by atoms with E-state index in [2.05, 4.69) is 43.3 Å². The molecule has 1 nitrogen and oxygen atoms in total. The molecule has 0 bridgehead atoms. The SMILES string of the molecule is C[C@@H]1[C@H]2COC=C[C@@]12c1ccccc1. The Balaban J connectivity index is 2.06. The van der Waals surface area contributed by atoms with Gasteiger partial charge in [0.05, 0.1) is 12.9 Å². The van der Waals surface area contributed by atoms with Crippen LogP contribution in [0, 0.1) is 11.8 Å². The van der Waals surface area contributed by atoms with Crippen molar-refractivity contribution in [1.82, 2.24) is 0 Å². The summed E-state index contributed by atoms with van der Waals surface area (Å²) in [6.07, 6.45) is 4.11. The summed E-state index contributed by atoms with van der Waals surface area (Å²) in [7, 11) is 0. The van der Waals surface area contributed by atoms with Crippen LogP contribution in [0.5, 0.6) is 0 Å². The quantitative estimate of drug-likeness (QED) is 0.655. The van der Waals surface area contributed by atoms with Gasteiger partial charge in [-0.05, 0) is 17.6 Å². The van der Waals surface area contributed by atoms with Gasteiger partial charge in [-0.1, -0.05) is 37.3 Å². The molecule has 1 fully saturated rings. The van der Waals surface area contributed by atoms with Crippen LogP contribution in [0.25, 0.3) is 0 Å². The van der Waals surface area contributed by atoms with Crippen molar-refractivity contribution in [2.24, 2.45) is 11.8 Å². The highest BCUT2D eigenvalue weighted by molar-refractivity contribution is 5.42. The Kier molecular flexibility index (Phi) is 1.52. The summed E-state index contributed by atoms with van der Waals surface area (Å²) in [6, 6.07) is 10.8. The maximum atomic E-state index is 5.36. The lowest BCUT2D eigenvalue weighted by Gasteiger charge is -2.17. The van der Waals surface area contributed by atoms with Crippen LogP contribution in [0.1, 0.15) is 12.5 Å². The lowest BCUT2D eigenvalue weighted by molar-refractivity contribution is 0.211. The van der Waals surface area contributed by atoms with Gasteiger partial charge in [-0.3, -0.25) is 0 Å². The molecule has 1 aromatic rings. The first-order valence-corrected chi connectivity index (χ1v) is 5.20. The van der Waals surface area contributed by atoms with Crippen molar-refractivity contribution < 1.29 is 4.74 Å². The summed E-state index contributed by atoms with van der Waals surface area (Å²) in [4.78, 5) is 0. The average molecular weight is 186 g/mol. The summed E-state index contributed by atoms with van der Waals surface area (Å²) in [6.45, 7) is 3.20. The summed E-state index contributed by atoms with van der Waals surface area (Å²) in [5.41, 5.74) is 1.73. The van der Waals surface area contributed by atoms with E-state index >= 15 is 0 Å². The van der Waals surface area contributed by atoms with E-state index in [1.54, 1.807) is 0 Å². The molecule has 0 N–H and O–H groups in total. The highest BCUT2D eigenvalue weighted by Crippen LogP contribution is 2.62. The summed E-state index contributed by atoms with van der Waals surface area (Å²) < 4.78 is 5.36. The van der Waals surface area contributed by atoms with Crippen LogP contribution in [0.4, 0.5) is 0 Å². The second-order valence-corrected chi connectivity index (χ2v) is 4.33. The average Bonchev–Trinajstić information content (AvgIpc) is 2.88. The molecule has 1 aromatic carbocycles. The van der Waals surface area contributed by atoms with Crippen LogP contribution in [0.3, 0.4) is 0 Å². The Hall–Kier alpha value is -1.24. The van der Waals surface area contributed by atoms with Gasteiger partial charge < -0.3 is 4.74 Å². The first kappa shape index (κ1) is 8.10. The van der Waals surface area contributed by atoms with Crippen LogP contribution >= 0.6 is 0 Å². The molecule has 0 spiro atoms. The Morgan fingerprint density at radius 2 is 2.07 bits per heavy atom. The fourth-order valence-corrected chi connectivity index (χ4v) is 2.86. The van der Waals surface area contributed by atoms with Crippen molar-refractivity contribution in [2.45, 2.75) is 12.3 Å². The predicted molar refractivity (Wildman–Crippen MR) is 55.9 cm³/mol. The Bertz CT molecular complexity index is 368. The largest absolute Gasteiger partial charge is 0.501 e. The minimum atomic E-state index is 0.291. The monoisotopic (exact) mass is 186 g/mol. The Morgan fingerprint density at radius 1 is 1.29 bits per heavy atom. The number of benzene rings is 1. The predicted octanol–water partition coefficient (Wildman–Crippen LogP) is 2.73. The summed E-state index contributed by atoms with van der Waals surface area (Å²) in [5.74, 6) is 1.42. The van der Waals surface area contributed by atoms with Crippen LogP contribution in [0.2, 0.25) is 0 Å². The first-order chi connectivity index (χ1) is 6.86. The van der Waals surface area contributed by atoms with Gasteiger partial charge in [0.15, 0.2) is 0 Å². The van der Waals surface area contributed by atoms with Crippen LogP contribution in [-0.2, 0) is 10.2 Å². The number of ether oxygens (including phenoxy) is 1. The van der Waals surface area contributed by atoms with E-state index in [1.807, 2.05) is 6.26 Å². The van der Waals surface area contributed by atoms with Crippen LogP contribution in [-0.4, -0.2) is 6.61 Å². The molecule has 0 aromatic heterocycles. The normalized spacial score (nSPS) is 38.6. The molecule has 0 radical (unpaired) electrons. The standard InChI is InChI=1S/C13H14O/c1-10-12-9-14-8-7-13(10,12)11-5-3-2-4-6-11/h2-8,10,12H,9H2,1H3/t10-,12-,13+/m1/s1. The zero-order valence-corrected chi connectivity index (χ0v) is 8.31. The lowest BCUT2D eigenvalue weighted by atomic mass is 9.91. The third-order valence-electron chi connectivity index (χ3n) is 3.85. The van der Waals surface area contributed by atoms with E-state index in [0.29, 0.717) is 11.3 Å². The van der Waals surface area contributed by atoms with Gasteiger partial charge in [-0.2, -0.15) is 0 Å². The van der Waals surface area contributed by atoms with E-state index in [9.17, 15) is 0 Å². The molecule has 1 aliphatic carbocycles. The maximum Gasteiger partial charge on any atom is 0.0915 e. The molecule has 0 saturated heterocycles. The van der Waals surface area contributed by atoms with Gasteiger partial charge in [-0.15, -0.1) is 0 Å². The van der Waals surface area contributed by atoms with Gasteiger partial charge in [-0.25, -0.2) is 0 Å². The highest BCUT2D eigenvalue weighted by atomic mass is 16.5. The number of hydrogen-bond donors (Lipinski definition) is 0. The van der Waals surface area contributed by atoms with Gasteiger partial charge >= 0.3 is 0 Å². The number of hydrogen-bond acceptors (Lipinski definition) is 1. The molecule has 1 heterocycles. The van der Waals surface area contributed by atoms with Crippen molar-refractivity contribution in [3.05, 3.63) is 48.2 Å². The third kappa shape index (κ3) is 0.848. The fraction of sp³-hybridized carbons (Fsp3) is 0.385. The highest BCUT2D eigenvalue weighted by Gasteiger charge is 2.62. The van der Waals surface area contributed by atoms with Crippen LogP contribution in [0.15, 0.2) is 42.7 Å². The zero-order valence-electron chi connectivity index (χ0n) is 8.31. The lowest BCUT2D eigenvalue weighted by Crippen LogP contribution is -2.13. The summed E-state index contributed by atoms with van der Waals surface area (Å²) in [5, 5.41) is 0. The van der Waals surface area contributed by atoms with Gasteiger partial charge in [0.2, 0.25) is 0 Å². The van der Waals surface area contributed by atoms with Gasteiger partial charge in [0, 0.05) is 11.3 Å². The van der Waals surface area contributed by atoms with Crippen molar-refractivity contribution in [2.75, 3.05) is 6.61 Å². The van der Waals surface area contributed by atoms with Crippen molar-refractivity contribution in [3.8, 4) is 0 Å². The van der Waals surface area contributed by atoms with E-state index in [1.165, 1.54) is 5.56 Å². The second-order valence-electron chi connectivity index (χ2n) is 4.33. The molecular formula is C13H14O. The van der Waals surface area contributed by atoms with Gasteiger partial charge in [0.25, 0.3) is 0 Å². The van der Waals surface area contributed by atoms with Gasteiger partial charge in [0.1, 0.15) is 0 Å². The molecular weight excluding hydrogens is 172 g/mol. The molecule has 1 saturated carbocycles. The minimum Gasteiger partial charge on any atom is -0.501 e. The molecule has 3 rings (SSSR count). The first-order valence-electron chi connectivity index (χ1n) is 5.20. The smallest absolute Gasteiger partial charge is 0.0915 e. The van der Waals surface area contributed by atoms with Crippen LogP contribution < -0.4 is 0 Å². The summed E-state index contributed by atoms with van der Waals surface area (Å²) >= 11 is 0. The second kappa shape index (κ2) is 2.63. The van der Waals surface area contributed by atoms with E-state index in [-0.39, 0.29) is 0 Å². The Labute approximate surface area is 84.4 Å². The molecule has 1 heteroatoms. The minimum absolute atomic E-state index is 0.291. The molecule has 72 valence electrons. The maximum absolute atomic E-state index is 5.36. The molecule has 2 aliphatic rings. The zero-order chi connectivity index (χ0) is 9.60. The molecule has 1 aliphatic heterocycles. The molecule has 0 unspecified atom stereocenters. The number of rotatable bonds is 1. The van der Waals surface area contributed by atoms with E-state index < -0.39 is 0 Å². The van der Waals surface area contributed by atoms with Crippen molar-refractivity contribution in [3.63, 3.8) is 0 Å². The molecule has 14 heavy (non-hydrogen) atoms. The number of allylic oxidation sites excluding steroid dienone is 1. The number of fused-ring (bicyclic) bond motifs is 1. The van der Waals surface area contributed by atoms with E-state index in [4.69, 9.17) is 4.74 Å². The fourth-order valence-electron chi connectivity index (χ4n) is 2.86. The van der Waals surface area contributed by atoms with Crippen molar-refractivity contribution >= 4 is 0 Å². The van der Waals surface area contributed by atoms with E-state index in [0.717, 1.165) is 12.5 Å². The van der Waals surface area contributed by atoms with Crippen molar-refractivity contribution in [1.29, 1.82) is 0 Å². The topological polar surface area (TPSA) is 9.23 Å². The Morgan fingerprint density at radius 3 is 2.79 bits per heavy atom. The molecule has 3 atom stereocenters. The molecule has 0 amide bonds. The third-order valence-corrected chi connectivity index (χ3v) is 3.85.